The van der Waals surface area contributed by atoms with Crippen molar-refractivity contribution in [1.29, 1.82) is 0 Å². The van der Waals surface area contributed by atoms with Crippen molar-refractivity contribution in [2.45, 2.75) is 52.1 Å². The van der Waals surface area contributed by atoms with Crippen LogP contribution in [0.3, 0.4) is 0 Å². The zero-order valence-electron chi connectivity index (χ0n) is 12.8. The number of hydrogen-bond donors (Lipinski definition) is 1. The Morgan fingerprint density at radius 3 is 2.60 bits per heavy atom. The number of rotatable bonds is 11. The Balaban J connectivity index is 2.49. The fourth-order valence-corrected chi connectivity index (χ4v) is 2.42. The molecule has 0 radical (unpaired) electrons. The average molecular weight is 298 g/mol. The van der Waals surface area contributed by atoms with Gasteiger partial charge in [-0.3, -0.25) is 0 Å². The van der Waals surface area contributed by atoms with Gasteiger partial charge in [0.2, 0.25) is 0 Å². The largest absolute Gasteiger partial charge is 0.372 e. The van der Waals surface area contributed by atoms with Crippen molar-refractivity contribution >= 4 is 11.6 Å². The summed E-state index contributed by atoms with van der Waals surface area (Å²) < 4.78 is 6.06. The van der Waals surface area contributed by atoms with Gasteiger partial charge in [-0.2, -0.15) is 0 Å². The van der Waals surface area contributed by atoms with Crippen LogP contribution in [-0.4, -0.2) is 19.7 Å². The van der Waals surface area contributed by atoms with Gasteiger partial charge in [-0.15, -0.1) is 0 Å². The lowest BCUT2D eigenvalue weighted by Gasteiger charge is -2.20. The van der Waals surface area contributed by atoms with Gasteiger partial charge in [-0.05, 0) is 25.5 Å². The van der Waals surface area contributed by atoms with Crippen molar-refractivity contribution in [2.24, 2.45) is 0 Å². The minimum Gasteiger partial charge on any atom is -0.372 e. The summed E-state index contributed by atoms with van der Waals surface area (Å²) >= 11 is 6.29. The molecule has 3 heteroatoms. The summed E-state index contributed by atoms with van der Waals surface area (Å²) in [7, 11) is 0. The first kappa shape index (κ1) is 17.5. The molecule has 0 saturated heterocycles. The van der Waals surface area contributed by atoms with Crippen molar-refractivity contribution in [3.8, 4) is 0 Å². The average Bonchev–Trinajstić information content (AvgIpc) is 2.46. The molecule has 0 spiro atoms. The van der Waals surface area contributed by atoms with E-state index >= 15 is 0 Å². The molecule has 1 unspecified atom stereocenters. The standard InChI is InChI=1S/C17H28ClNO/c1-3-5-6-9-13-20-17(14-19-12-4-2)15-10-7-8-11-16(15)18/h7-8,10-11,17,19H,3-6,9,12-14H2,1-2H3. The van der Waals surface area contributed by atoms with Crippen molar-refractivity contribution in [1.82, 2.24) is 5.32 Å². The van der Waals surface area contributed by atoms with Gasteiger partial charge in [0.05, 0.1) is 6.10 Å². The van der Waals surface area contributed by atoms with Crippen LogP contribution in [0.25, 0.3) is 0 Å². The van der Waals surface area contributed by atoms with Crippen molar-refractivity contribution in [3.05, 3.63) is 34.9 Å². The van der Waals surface area contributed by atoms with E-state index in [-0.39, 0.29) is 6.10 Å². The molecule has 0 saturated carbocycles. The Morgan fingerprint density at radius 2 is 1.90 bits per heavy atom. The van der Waals surface area contributed by atoms with Crippen LogP contribution < -0.4 is 5.32 Å². The van der Waals surface area contributed by atoms with Crippen LogP contribution in [0.4, 0.5) is 0 Å². The highest BCUT2D eigenvalue weighted by molar-refractivity contribution is 6.31. The molecular formula is C17H28ClNO. The van der Waals surface area contributed by atoms with E-state index in [0.29, 0.717) is 0 Å². The fourth-order valence-electron chi connectivity index (χ4n) is 2.16. The topological polar surface area (TPSA) is 21.3 Å². The molecule has 1 aromatic rings. The van der Waals surface area contributed by atoms with Gasteiger partial charge >= 0.3 is 0 Å². The quantitative estimate of drug-likeness (QED) is 0.582. The maximum atomic E-state index is 6.29. The Morgan fingerprint density at radius 1 is 1.10 bits per heavy atom. The van der Waals surface area contributed by atoms with E-state index < -0.39 is 0 Å². The van der Waals surface area contributed by atoms with Crippen LogP contribution in [0.1, 0.15) is 57.6 Å². The van der Waals surface area contributed by atoms with Crippen LogP contribution in [0, 0.1) is 0 Å². The Bertz CT molecular complexity index is 357. The van der Waals surface area contributed by atoms with Gasteiger partial charge in [0.15, 0.2) is 0 Å². The maximum absolute atomic E-state index is 6.29. The van der Waals surface area contributed by atoms with Crippen LogP contribution in [0.5, 0.6) is 0 Å². The smallest absolute Gasteiger partial charge is 0.0963 e. The number of benzene rings is 1. The van der Waals surface area contributed by atoms with Gasteiger partial charge in [-0.25, -0.2) is 0 Å². The maximum Gasteiger partial charge on any atom is 0.0963 e. The highest BCUT2D eigenvalue weighted by Crippen LogP contribution is 2.25. The second-order valence-electron chi connectivity index (χ2n) is 5.15. The summed E-state index contributed by atoms with van der Waals surface area (Å²) in [6, 6.07) is 7.98. The van der Waals surface area contributed by atoms with E-state index in [1.165, 1.54) is 19.3 Å². The minimum absolute atomic E-state index is 0.0527. The first-order valence-corrected chi connectivity index (χ1v) is 8.24. The number of ether oxygens (including phenoxy) is 1. The minimum atomic E-state index is 0.0527. The summed E-state index contributed by atoms with van der Waals surface area (Å²) in [4.78, 5) is 0. The van der Waals surface area contributed by atoms with E-state index in [4.69, 9.17) is 16.3 Å². The van der Waals surface area contributed by atoms with E-state index in [9.17, 15) is 0 Å². The summed E-state index contributed by atoms with van der Waals surface area (Å²) in [6.45, 7) is 7.04. The third kappa shape index (κ3) is 6.74. The molecule has 0 fully saturated rings. The monoisotopic (exact) mass is 297 g/mol. The lowest BCUT2D eigenvalue weighted by molar-refractivity contribution is 0.0500. The molecule has 0 bridgehead atoms. The lowest BCUT2D eigenvalue weighted by atomic mass is 10.1. The molecule has 0 heterocycles. The van der Waals surface area contributed by atoms with Crippen LogP contribution in [-0.2, 0) is 4.74 Å². The zero-order valence-corrected chi connectivity index (χ0v) is 13.6. The van der Waals surface area contributed by atoms with E-state index in [0.717, 1.165) is 43.1 Å². The molecule has 2 nitrogen and oxygen atoms in total. The molecule has 20 heavy (non-hydrogen) atoms. The molecule has 1 N–H and O–H groups in total. The third-order valence-corrected chi connectivity index (χ3v) is 3.67. The Hall–Kier alpha value is -0.570. The highest BCUT2D eigenvalue weighted by atomic mass is 35.5. The second-order valence-corrected chi connectivity index (χ2v) is 5.55. The van der Waals surface area contributed by atoms with Crippen molar-refractivity contribution in [2.75, 3.05) is 19.7 Å². The predicted octanol–water partition coefficient (Wildman–Crippen LogP) is 4.98. The molecular weight excluding hydrogens is 270 g/mol. The SMILES string of the molecule is CCCCCCOC(CNCCC)c1ccccc1Cl. The van der Waals surface area contributed by atoms with Gasteiger partial charge < -0.3 is 10.1 Å². The zero-order chi connectivity index (χ0) is 14.6. The Kier molecular flexibility index (Phi) is 9.73. The summed E-state index contributed by atoms with van der Waals surface area (Å²) in [5.41, 5.74) is 1.09. The number of nitrogens with one attached hydrogen (secondary N) is 1. The number of unbranched alkanes of at least 4 members (excludes halogenated alkanes) is 3. The molecule has 114 valence electrons. The molecule has 0 aliphatic rings. The molecule has 1 atom stereocenters. The van der Waals surface area contributed by atoms with Crippen LogP contribution in [0.15, 0.2) is 24.3 Å². The Labute approximate surface area is 128 Å². The normalized spacial score (nSPS) is 12.6. The first-order valence-electron chi connectivity index (χ1n) is 7.86. The summed E-state index contributed by atoms with van der Waals surface area (Å²) in [5, 5.41) is 4.22. The molecule has 0 aliphatic heterocycles. The summed E-state index contributed by atoms with van der Waals surface area (Å²) in [5.74, 6) is 0. The molecule has 1 rings (SSSR count). The van der Waals surface area contributed by atoms with Crippen LogP contribution >= 0.6 is 11.6 Å². The number of hydrogen-bond acceptors (Lipinski definition) is 2. The van der Waals surface area contributed by atoms with Gasteiger partial charge in [0.25, 0.3) is 0 Å². The third-order valence-electron chi connectivity index (χ3n) is 3.33. The van der Waals surface area contributed by atoms with Gasteiger partial charge in [0, 0.05) is 23.7 Å². The highest BCUT2D eigenvalue weighted by Gasteiger charge is 2.14. The molecule has 0 aromatic heterocycles. The van der Waals surface area contributed by atoms with E-state index in [1.54, 1.807) is 0 Å². The molecule has 1 aromatic carbocycles. The van der Waals surface area contributed by atoms with Gasteiger partial charge in [0.1, 0.15) is 0 Å². The molecule has 0 amide bonds. The van der Waals surface area contributed by atoms with Crippen molar-refractivity contribution in [3.63, 3.8) is 0 Å². The predicted molar refractivity (Wildman–Crippen MR) is 87.4 cm³/mol. The fraction of sp³-hybridized carbons (Fsp3) is 0.647. The lowest BCUT2D eigenvalue weighted by Crippen LogP contribution is -2.24. The number of halogens is 1. The van der Waals surface area contributed by atoms with Gasteiger partial charge in [-0.1, -0.05) is 62.9 Å². The van der Waals surface area contributed by atoms with Crippen molar-refractivity contribution < 1.29 is 4.74 Å². The molecule has 0 aliphatic carbocycles. The van der Waals surface area contributed by atoms with E-state index in [1.807, 2.05) is 18.2 Å². The second kappa shape index (κ2) is 11.1. The van der Waals surface area contributed by atoms with Crippen LogP contribution in [0.2, 0.25) is 5.02 Å². The summed E-state index contributed by atoms with van der Waals surface area (Å²) in [6.07, 6.45) is 6.10. The van der Waals surface area contributed by atoms with E-state index in [2.05, 4.69) is 25.2 Å². The first-order chi connectivity index (χ1) is 9.79.